The van der Waals surface area contributed by atoms with Crippen molar-refractivity contribution in [1.29, 1.82) is 0 Å². The summed E-state index contributed by atoms with van der Waals surface area (Å²) in [6.45, 7) is 4.71. The highest BCUT2D eigenvalue weighted by Gasteiger charge is 2.35. The minimum atomic E-state index is -0.700. The Morgan fingerprint density at radius 2 is 2.29 bits per heavy atom. The van der Waals surface area contributed by atoms with E-state index < -0.39 is 5.97 Å². The molecule has 0 aromatic carbocycles. The van der Waals surface area contributed by atoms with E-state index in [1.54, 1.807) is 18.3 Å². The lowest BCUT2D eigenvalue weighted by Crippen LogP contribution is -2.41. The summed E-state index contributed by atoms with van der Waals surface area (Å²) in [6.07, 6.45) is 2.42. The molecule has 1 saturated carbocycles. The van der Waals surface area contributed by atoms with Gasteiger partial charge in [0, 0.05) is 18.6 Å². The van der Waals surface area contributed by atoms with Crippen molar-refractivity contribution < 1.29 is 9.90 Å². The first-order chi connectivity index (χ1) is 8.09. The van der Waals surface area contributed by atoms with Crippen LogP contribution in [-0.4, -0.2) is 28.1 Å². The Balaban J connectivity index is 2.04. The third-order valence-corrected chi connectivity index (χ3v) is 4.33. The summed E-state index contributed by atoms with van der Waals surface area (Å²) >= 11 is 1.70. The van der Waals surface area contributed by atoms with Gasteiger partial charge >= 0.3 is 5.97 Å². The van der Waals surface area contributed by atoms with Crippen molar-refractivity contribution in [2.75, 3.05) is 0 Å². The number of hydrogen-bond acceptors (Lipinski definition) is 3. The summed E-state index contributed by atoms with van der Waals surface area (Å²) in [5.41, 5.74) is 1.30. The lowest BCUT2D eigenvalue weighted by molar-refractivity contribution is -0.143. The normalized spacial score (nSPS) is 19.2. The first-order valence-electron chi connectivity index (χ1n) is 6.09. The number of carbonyl (C=O) groups is 1. The SMILES string of the molecule is CC(C(=O)O)C(C)N(Cc1ccsc1)C1CC1. The molecule has 2 unspecified atom stereocenters. The van der Waals surface area contributed by atoms with Crippen LogP contribution in [0.1, 0.15) is 32.3 Å². The summed E-state index contributed by atoms with van der Waals surface area (Å²) in [4.78, 5) is 13.4. The minimum absolute atomic E-state index is 0.0971. The van der Waals surface area contributed by atoms with E-state index in [0.717, 1.165) is 6.54 Å². The van der Waals surface area contributed by atoms with Gasteiger partial charge in [0.15, 0.2) is 0 Å². The van der Waals surface area contributed by atoms with Crippen LogP contribution < -0.4 is 0 Å². The molecule has 1 N–H and O–H groups in total. The maximum absolute atomic E-state index is 11.1. The van der Waals surface area contributed by atoms with Gasteiger partial charge in [-0.15, -0.1) is 0 Å². The Bertz CT molecular complexity index is 373. The maximum atomic E-state index is 11.1. The fraction of sp³-hybridized carbons (Fsp3) is 0.615. The van der Waals surface area contributed by atoms with Crippen LogP contribution in [0.25, 0.3) is 0 Å². The molecule has 4 heteroatoms. The van der Waals surface area contributed by atoms with Gasteiger partial charge < -0.3 is 5.11 Å². The van der Waals surface area contributed by atoms with Crippen LogP contribution in [0.2, 0.25) is 0 Å². The predicted octanol–water partition coefficient (Wildman–Crippen LogP) is 2.82. The van der Waals surface area contributed by atoms with Gasteiger partial charge in [-0.3, -0.25) is 9.69 Å². The molecule has 1 aromatic rings. The molecular formula is C13H19NO2S. The molecule has 1 aliphatic carbocycles. The minimum Gasteiger partial charge on any atom is -0.481 e. The summed E-state index contributed by atoms with van der Waals surface area (Å²) in [5.74, 6) is -1.01. The van der Waals surface area contributed by atoms with Crippen molar-refractivity contribution in [3.05, 3.63) is 22.4 Å². The maximum Gasteiger partial charge on any atom is 0.307 e. The first kappa shape index (κ1) is 12.6. The van der Waals surface area contributed by atoms with Crippen molar-refractivity contribution in [1.82, 2.24) is 4.90 Å². The molecule has 1 aliphatic rings. The third kappa shape index (κ3) is 3.07. The lowest BCUT2D eigenvalue weighted by atomic mass is 10.0. The average molecular weight is 253 g/mol. The molecule has 2 rings (SSSR count). The molecule has 3 nitrogen and oxygen atoms in total. The van der Waals surface area contributed by atoms with Gasteiger partial charge in [0.05, 0.1) is 5.92 Å². The fourth-order valence-corrected chi connectivity index (χ4v) is 2.76. The number of nitrogens with zero attached hydrogens (tertiary/aromatic N) is 1. The molecule has 0 amide bonds. The monoisotopic (exact) mass is 253 g/mol. The van der Waals surface area contributed by atoms with Crippen molar-refractivity contribution in [3.8, 4) is 0 Å². The standard InChI is InChI=1S/C13H19NO2S/c1-9(13(15)16)10(2)14(12-3-4-12)7-11-5-6-17-8-11/h5-6,8-10,12H,3-4,7H2,1-2H3,(H,15,16). The molecule has 0 radical (unpaired) electrons. The lowest BCUT2D eigenvalue weighted by Gasteiger charge is -2.31. The number of carboxylic acid groups (broad SMARTS) is 1. The Morgan fingerprint density at radius 3 is 2.76 bits per heavy atom. The summed E-state index contributed by atoms with van der Waals surface area (Å²) in [7, 11) is 0. The zero-order valence-electron chi connectivity index (χ0n) is 10.3. The summed E-state index contributed by atoms with van der Waals surface area (Å²) < 4.78 is 0. The van der Waals surface area contributed by atoms with E-state index in [4.69, 9.17) is 5.11 Å². The van der Waals surface area contributed by atoms with Crippen LogP contribution in [0, 0.1) is 5.92 Å². The average Bonchev–Trinajstić information content (AvgIpc) is 3.01. The molecule has 0 aliphatic heterocycles. The summed E-state index contributed by atoms with van der Waals surface area (Å²) in [6, 6.07) is 2.81. The van der Waals surface area contributed by atoms with Crippen molar-refractivity contribution >= 4 is 17.3 Å². The number of aliphatic carboxylic acids is 1. The largest absolute Gasteiger partial charge is 0.481 e. The Hall–Kier alpha value is -0.870. The molecule has 0 bridgehead atoms. The molecule has 2 atom stereocenters. The number of thiophene rings is 1. The molecule has 1 aromatic heterocycles. The van der Waals surface area contributed by atoms with Gasteiger partial charge in [0.2, 0.25) is 0 Å². The zero-order valence-corrected chi connectivity index (χ0v) is 11.1. The Kier molecular flexibility index (Phi) is 3.84. The van der Waals surface area contributed by atoms with Crippen molar-refractivity contribution in [2.24, 2.45) is 5.92 Å². The second kappa shape index (κ2) is 5.19. The number of rotatable bonds is 6. The highest BCUT2D eigenvalue weighted by atomic mass is 32.1. The van der Waals surface area contributed by atoms with Gasteiger partial charge in [-0.05, 0) is 42.2 Å². The van der Waals surface area contributed by atoms with Crippen molar-refractivity contribution in [3.63, 3.8) is 0 Å². The Morgan fingerprint density at radius 1 is 1.59 bits per heavy atom. The second-order valence-corrected chi connectivity index (χ2v) is 5.68. The van der Waals surface area contributed by atoms with E-state index in [-0.39, 0.29) is 12.0 Å². The zero-order chi connectivity index (χ0) is 12.4. The van der Waals surface area contributed by atoms with Crippen LogP contribution in [0.4, 0.5) is 0 Å². The van der Waals surface area contributed by atoms with Crippen LogP contribution in [0.3, 0.4) is 0 Å². The van der Waals surface area contributed by atoms with E-state index in [1.165, 1.54) is 18.4 Å². The highest BCUT2D eigenvalue weighted by molar-refractivity contribution is 7.07. The summed E-state index contributed by atoms with van der Waals surface area (Å²) in [5, 5.41) is 13.3. The number of hydrogen-bond donors (Lipinski definition) is 1. The van der Waals surface area contributed by atoms with E-state index in [2.05, 4.69) is 21.7 Å². The van der Waals surface area contributed by atoms with Gasteiger partial charge in [-0.1, -0.05) is 6.92 Å². The molecular weight excluding hydrogens is 234 g/mol. The van der Waals surface area contributed by atoms with E-state index >= 15 is 0 Å². The van der Waals surface area contributed by atoms with Crippen LogP contribution >= 0.6 is 11.3 Å². The van der Waals surface area contributed by atoms with E-state index in [9.17, 15) is 4.79 Å². The van der Waals surface area contributed by atoms with Crippen LogP contribution in [0.5, 0.6) is 0 Å². The molecule has 1 heterocycles. The molecule has 1 fully saturated rings. The smallest absolute Gasteiger partial charge is 0.307 e. The van der Waals surface area contributed by atoms with Crippen LogP contribution in [-0.2, 0) is 11.3 Å². The topological polar surface area (TPSA) is 40.5 Å². The molecule has 0 spiro atoms. The second-order valence-electron chi connectivity index (χ2n) is 4.90. The van der Waals surface area contributed by atoms with Gasteiger partial charge in [-0.2, -0.15) is 11.3 Å². The first-order valence-corrected chi connectivity index (χ1v) is 7.03. The van der Waals surface area contributed by atoms with Crippen molar-refractivity contribution in [2.45, 2.75) is 45.3 Å². The molecule has 94 valence electrons. The van der Waals surface area contributed by atoms with Gasteiger partial charge in [0.25, 0.3) is 0 Å². The Labute approximate surface area is 106 Å². The van der Waals surface area contributed by atoms with Crippen LogP contribution in [0.15, 0.2) is 16.8 Å². The fourth-order valence-electron chi connectivity index (χ4n) is 2.10. The highest BCUT2D eigenvalue weighted by Crippen LogP contribution is 2.32. The van der Waals surface area contributed by atoms with Gasteiger partial charge in [0.1, 0.15) is 0 Å². The molecule has 17 heavy (non-hydrogen) atoms. The third-order valence-electron chi connectivity index (χ3n) is 3.60. The molecule has 0 saturated heterocycles. The predicted molar refractivity (Wildman–Crippen MR) is 69.1 cm³/mol. The quantitative estimate of drug-likeness (QED) is 0.847. The van der Waals surface area contributed by atoms with Gasteiger partial charge in [-0.25, -0.2) is 0 Å². The number of carboxylic acids is 1. The van der Waals surface area contributed by atoms with E-state index in [0.29, 0.717) is 6.04 Å². The van der Waals surface area contributed by atoms with E-state index in [1.807, 2.05) is 6.92 Å².